The van der Waals surface area contributed by atoms with Gasteiger partial charge in [0.25, 0.3) is 0 Å². The van der Waals surface area contributed by atoms with Crippen LogP contribution in [0, 0.1) is 23.7 Å². The molecule has 2 unspecified atom stereocenters. The molecule has 1 aromatic carbocycles. The summed E-state index contributed by atoms with van der Waals surface area (Å²) in [5.74, 6) is 2.69. The van der Waals surface area contributed by atoms with E-state index in [9.17, 15) is 14.4 Å². The lowest BCUT2D eigenvalue weighted by Gasteiger charge is -2.39. The SMILES string of the molecule is CC(Cc1ccc(-n2ccc(NC(=O)N3CCN(C(=O)C4CC(N)C4)CC3)nc2=O)cc1)N1C[C@@H]2C(CN)[C@@H]2C1. The van der Waals surface area contributed by atoms with Gasteiger partial charge in [0.15, 0.2) is 0 Å². The van der Waals surface area contributed by atoms with Crippen LogP contribution in [0.5, 0.6) is 0 Å². The number of nitrogens with two attached hydrogens (primary N) is 2. The van der Waals surface area contributed by atoms with Gasteiger partial charge in [0.1, 0.15) is 5.82 Å². The van der Waals surface area contributed by atoms with Crippen molar-refractivity contribution in [3.63, 3.8) is 0 Å². The molecule has 4 aliphatic rings. The number of aromatic nitrogens is 2. The quantitative estimate of drug-likeness (QED) is 0.463. The summed E-state index contributed by atoms with van der Waals surface area (Å²) in [7, 11) is 0. The van der Waals surface area contributed by atoms with Gasteiger partial charge in [0.2, 0.25) is 5.91 Å². The molecule has 2 aliphatic carbocycles. The second-order valence-corrected chi connectivity index (χ2v) is 12.0. The zero-order chi connectivity index (χ0) is 28.0. The third-order valence-electron chi connectivity index (χ3n) is 9.48. The molecule has 5 N–H and O–H groups in total. The predicted molar refractivity (Wildman–Crippen MR) is 152 cm³/mol. The molecule has 6 rings (SSSR count). The molecule has 11 heteroatoms. The number of fused-ring (bicyclic) bond motifs is 1. The lowest BCUT2D eigenvalue weighted by Crippen LogP contribution is -2.55. The molecular weight excluding hydrogens is 508 g/mol. The van der Waals surface area contributed by atoms with Gasteiger partial charge >= 0.3 is 11.7 Å². The zero-order valence-corrected chi connectivity index (χ0v) is 23.1. The van der Waals surface area contributed by atoms with Crippen LogP contribution in [0.2, 0.25) is 0 Å². The number of hydrogen-bond donors (Lipinski definition) is 3. The van der Waals surface area contributed by atoms with E-state index in [2.05, 4.69) is 34.3 Å². The van der Waals surface area contributed by atoms with Crippen molar-refractivity contribution in [3.05, 3.63) is 52.6 Å². The number of likely N-dealkylation sites (tertiary alicyclic amines) is 1. The summed E-state index contributed by atoms with van der Waals surface area (Å²) in [6.45, 7) is 7.27. The van der Waals surface area contributed by atoms with E-state index in [1.165, 1.54) is 10.1 Å². The van der Waals surface area contributed by atoms with Crippen molar-refractivity contribution in [3.8, 4) is 5.69 Å². The molecular formula is C29H40N8O3. The van der Waals surface area contributed by atoms with Crippen molar-refractivity contribution in [2.24, 2.45) is 35.1 Å². The average Bonchev–Trinajstić information content (AvgIpc) is 3.41. The maximum atomic E-state index is 12.8. The molecule has 2 aromatic rings. The first kappa shape index (κ1) is 26.9. The summed E-state index contributed by atoms with van der Waals surface area (Å²) < 4.78 is 1.47. The van der Waals surface area contributed by atoms with Gasteiger partial charge in [-0.05, 0) is 74.2 Å². The van der Waals surface area contributed by atoms with Crippen molar-refractivity contribution in [2.45, 2.75) is 38.3 Å². The number of benzene rings is 1. The molecule has 0 spiro atoms. The highest BCUT2D eigenvalue weighted by atomic mass is 16.2. The minimum atomic E-state index is -0.459. The van der Waals surface area contributed by atoms with E-state index >= 15 is 0 Å². The largest absolute Gasteiger partial charge is 0.354 e. The van der Waals surface area contributed by atoms with Gasteiger partial charge in [-0.3, -0.25) is 19.6 Å². The Labute approximate surface area is 234 Å². The van der Waals surface area contributed by atoms with Crippen LogP contribution in [0.1, 0.15) is 25.3 Å². The molecule has 0 bridgehead atoms. The molecule has 3 amide bonds. The second kappa shape index (κ2) is 10.9. The Hall–Kier alpha value is -3.28. The minimum absolute atomic E-state index is 0.0243. The average molecular weight is 549 g/mol. The molecule has 40 heavy (non-hydrogen) atoms. The molecule has 0 radical (unpaired) electrons. The summed E-state index contributed by atoms with van der Waals surface area (Å²) >= 11 is 0. The molecule has 214 valence electrons. The van der Waals surface area contributed by atoms with Gasteiger partial charge < -0.3 is 21.3 Å². The van der Waals surface area contributed by atoms with Crippen LogP contribution in [0.15, 0.2) is 41.3 Å². The van der Waals surface area contributed by atoms with Gasteiger partial charge in [-0.2, -0.15) is 4.98 Å². The lowest BCUT2D eigenvalue weighted by molar-refractivity contribution is -0.140. The van der Waals surface area contributed by atoms with Crippen LogP contribution in [0.25, 0.3) is 5.69 Å². The number of piperidine rings is 1. The van der Waals surface area contributed by atoms with Crippen molar-refractivity contribution in [1.82, 2.24) is 24.3 Å². The number of nitrogens with one attached hydrogen (secondary N) is 1. The first-order valence-corrected chi connectivity index (χ1v) is 14.5. The van der Waals surface area contributed by atoms with Gasteiger partial charge in [-0.15, -0.1) is 0 Å². The third kappa shape index (κ3) is 5.37. The number of hydrogen-bond acceptors (Lipinski definition) is 7. The van der Waals surface area contributed by atoms with Crippen LogP contribution in [-0.2, 0) is 11.2 Å². The Balaban J connectivity index is 0.994. The van der Waals surface area contributed by atoms with Crippen molar-refractivity contribution in [2.75, 3.05) is 51.1 Å². The fraction of sp³-hybridized carbons (Fsp3) is 0.586. The van der Waals surface area contributed by atoms with E-state index in [0.29, 0.717) is 32.2 Å². The number of carbonyl (C=O) groups is 2. The van der Waals surface area contributed by atoms with Crippen molar-refractivity contribution in [1.29, 1.82) is 0 Å². The fourth-order valence-corrected chi connectivity index (χ4v) is 6.76. The van der Waals surface area contributed by atoms with Crippen LogP contribution in [0.3, 0.4) is 0 Å². The minimum Gasteiger partial charge on any atom is -0.339 e. The van der Waals surface area contributed by atoms with E-state index in [0.717, 1.165) is 62.3 Å². The third-order valence-corrected chi connectivity index (χ3v) is 9.48. The molecule has 11 nitrogen and oxygen atoms in total. The van der Waals surface area contributed by atoms with Crippen molar-refractivity contribution >= 4 is 17.8 Å². The highest BCUT2D eigenvalue weighted by Crippen LogP contribution is 2.51. The number of urea groups is 1. The standard InChI is InChI=1S/C29H40N8O3/c1-18(36-16-24-23(15-30)25(24)17-36)12-19-2-4-22(5-3-19)37-7-6-26(33-29(37)40)32-28(39)35-10-8-34(9-11-35)27(38)20-13-21(31)14-20/h2-7,18,20-21,23-25H,8-17,30-31H2,1H3,(H,32,33,39,40)/t18?,20?,21?,23?,24-,25+. The highest BCUT2D eigenvalue weighted by Gasteiger charge is 2.55. The highest BCUT2D eigenvalue weighted by molar-refractivity contribution is 5.88. The Morgan fingerprint density at radius 1 is 1.02 bits per heavy atom. The van der Waals surface area contributed by atoms with Gasteiger partial charge in [0, 0.05) is 63.5 Å². The number of amides is 3. The zero-order valence-electron chi connectivity index (χ0n) is 23.1. The van der Waals surface area contributed by atoms with Gasteiger partial charge in [-0.1, -0.05) is 12.1 Å². The van der Waals surface area contributed by atoms with Gasteiger partial charge in [-0.25, -0.2) is 9.59 Å². The topological polar surface area (TPSA) is 143 Å². The Kier molecular flexibility index (Phi) is 7.37. The molecule has 2 saturated heterocycles. The molecule has 4 fully saturated rings. The summed E-state index contributed by atoms with van der Waals surface area (Å²) in [6, 6.07) is 9.91. The number of rotatable bonds is 7. The fourth-order valence-electron chi connectivity index (χ4n) is 6.76. The summed E-state index contributed by atoms with van der Waals surface area (Å²) in [5, 5.41) is 2.73. The van der Waals surface area contributed by atoms with E-state index in [1.54, 1.807) is 17.2 Å². The number of piperazine rings is 1. The molecule has 4 atom stereocenters. The van der Waals surface area contributed by atoms with Gasteiger partial charge in [0.05, 0.1) is 5.69 Å². The van der Waals surface area contributed by atoms with E-state index in [1.807, 2.05) is 17.0 Å². The van der Waals surface area contributed by atoms with E-state index < -0.39 is 5.69 Å². The maximum Gasteiger partial charge on any atom is 0.354 e. The molecule has 2 saturated carbocycles. The smallest absolute Gasteiger partial charge is 0.339 e. The molecule has 2 aliphatic heterocycles. The maximum absolute atomic E-state index is 12.8. The van der Waals surface area contributed by atoms with E-state index in [4.69, 9.17) is 11.5 Å². The number of carbonyl (C=O) groups excluding carboxylic acids is 2. The van der Waals surface area contributed by atoms with Crippen molar-refractivity contribution < 1.29 is 9.59 Å². The molecule has 3 heterocycles. The molecule has 1 aromatic heterocycles. The Morgan fingerprint density at radius 2 is 1.68 bits per heavy atom. The number of anilines is 1. The van der Waals surface area contributed by atoms with E-state index in [-0.39, 0.29) is 29.7 Å². The number of nitrogens with zero attached hydrogens (tertiary/aromatic N) is 5. The van der Waals surface area contributed by atoms with Crippen LogP contribution in [-0.4, -0.2) is 94.1 Å². The first-order chi connectivity index (χ1) is 19.3. The summed E-state index contributed by atoms with van der Waals surface area (Å²) in [5.41, 5.74) is 13.2. The van der Waals surface area contributed by atoms with Crippen LogP contribution in [0.4, 0.5) is 10.6 Å². The monoisotopic (exact) mass is 548 g/mol. The Bertz CT molecular complexity index is 1290. The van der Waals surface area contributed by atoms with Crippen LogP contribution < -0.4 is 22.5 Å². The summed E-state index contributed by atoms with van der Waals surface area (Å²) in [4.78, 5) is 48.2. The lowest BCUT2D eigenvalue weighted by atomic mass is 9.80. The van der Waals surface area contributed by atoms with Crippen LogP contribution >= 0.6 is 0 Å². The first-order valence-electron chi connectivity index (χ1n) is 14.5. The predicted octanol–water partition coefficient (Wildman–Crippen LogP) is 0.713. The second-order valence-electron chi connectivity index (χ2n) is 12.0. The normalized spacial score (nSPS) is 28.5. The Morgan fingerprint density at radius 3 is 2.27 bits per heavy atom. The summed E-state index contributed by atoms with van der Waals surface area (Å²) in [6.07, 6.45) is 4.08.